The molecule has 19 heavy (non-hydrogen) atoms. The number of β-amino-alcohol motifs (C(OH)–C–C–N with tert-alkyl or cyclic N) is 1. The summed E-state index contributed by atoms with van der Waals surface area (Å²) in [7, 11) is 0. The Hall–Kier alpha value is -2.09. The Morgan fingerprint density at radius 2 is 2.37 bits per heavy atom. The number of aliphatic hydroxyl groups is 1. The Kier molecular flexibility index (Phi) is 4.00. The topological polar surface area (TPSA) is 119 Å². The van der Waals surface area contributed by atoms with Crippen LogP contribution in [0.4, 0.5) is 4.79 Å². The number of aliphatic hydroxyl groups excluding tert-OH is 1. The third-order valence-electron chi connectivity index (χ3n) is 3.05. The zero-order valence-electron chi connectivity index (χ0n) is 10.2. The van der Waals surface area contributed by atoms with E-state index in [1.54, 1.807) is 12.5 Å². The second-order valence-corrected chi connectivity index (χ2v) is 4.45. The van der Waals surface area contributed by atoms with Crippen molar-refractivity contribution in [2.24, 2.45) is 0 Å². The Balaban J connectivity index is 1.83. The molecule has 2 rings (SSSR count). The minimum absolute atomic E-state index is 0.0485. The van der Waals surface area contributed by atoms with Gasteiger partial charge in [-0.1, -0.05) is 0 Å². The summed E-state index contributed by atoms with van der Waals surface area (Å²) in [6.07, 6.45) is 3.09. The zero-order chi connectivity index (χ0) is 13.8. The van der Waals surface area contributed by atoms with Gasteiger partial charge in [-0.05, 0) is 0 Å². The fourth-order valence-corrected chi connectivity index (χ4v) is 2.10. The van der Waals surface area contributed by atoms with Crippen LogP contribution in [0, 0.1) is 0 Å². The number of carbonyl (C=O) groups excluding carboxylic acids is 1. The van der Waals surface area contributed by atoms with E-state index in [9.17, 15) is 14.7 Å². The van der Waals surface area contributed by atoms with Crippen molar-refractivity contribution in [3.8, 4) is 0 Å². The molecule has 8 heteroatoms. The van der Waals surface area contributed by atoms with Crippen LogP contribution in [0.25, 0.3) is 0 Å². The van der Waals surface area contributed by atoms with Crippen molar-refractivity contribution in [2.75, 3.05) is 13.1 Å². The monoisotopic (exact) mass is 268 g/mol. The number of aromatic nitrogens is 2. The lowest BCUT2D eigenvalue weighted by atomic mass is 10.2. The van der Waals surface area contributed by atoms with Gasteiger partial charge in [-0.15, -0.1) is 0 Å². The van der Waals surface area contributed by atoms with Gasteiger partial charge in [0.25, 0.3) is 0 Å². The van der Waals surface area contributed by atoms with Gasteiger partial charge in [-0.2, -0.15) is 0 Å². The summed E-state index contributed by atoms with van der Waals surface area (Å²) in [6.45, 7) is 0.423. The van der Waals surface area contributed by atoms with Crippen LogP contribution in [0.2, 0.25) is 0 Å². The van der Waals surface area contributed by atoms with Crippen molar-refractivity contribution >= 4 is 12.0 Å². The molecule has 2 heterocycles. The van der Waals surface area contributed by atoms with Crippen molar-refractivity contribution in [1.29, 1.82) is 0 Å². The molecule has 4 N–H and O–H groups in total. The summed E-state index contributed by atoms with van der Waals surface area (Å²) in [5.74, 6) is -1.10. The first-order chi connectivity index (χ1) is 9.08. The number of urea groups is 1. The number of rotatable bonds is 4. The third kappa shape index (κ3) is 3.22. The van der Waals surface area contributed by atoms with Crippen LogP contribution in [-0.2, 0) is 11.2 Å². The maximum absolute atomic E-state index is 11.8. The molecule has 0 saturated carbocycles. The number of amides is 2. The lowest BCUT2D eigenvalue weighted by molar-refractivity contribution is -0.141. The van der Waals surface area contributed by atoms with E-state index in [-0.39, 0.29) is 13.0 Å². The number of carbonyl (C=O) groups is 2. The van der Waals surface area contributed by atoms with Gasteiger partial charge < -0.3 is 25.4 Å². The van der Waals surface area contributed by atoms with Crippen LogP contribution in [0.3, 0.4) is 0 Å². The van der Waals surface area contributed by atoms with Crippen LogP contribution in [0.1, 0.15) is 12.1 Å². The molecular formula is C11H16N4O4. The Morgan fingerprint density at radius 1 is 1.58 bits per heavy atom. The Morgan fingerprint density at radius 3 is 3.00 bits per heavy atom. The van der Waals surface area contributed by atoms with Gasteiger partial charge in [0, 0.05) is 37.8 Å². The molecule has 2 amide bonds. The predicted octanol–water partition coefficient (Wildman–Crippen LogP) is -0.818. The molecule has 8 nitrogen and oxygen atoms in total. The van der Waals surface area contributed by atoms with Gasteiger partial charge in [0.05, 0.1) is 12.4 Å². The number of H-pyrrole nitrogens is 1. The molecule has 1 aliphatic rings. The number of hydrogen-bond donors (Lipinski definition) is 4. The van der Waals surface area contributed by atoms with E-state index >= 15 is 0 Å². The predicted molar refractivity (Wildman–Crippen MR) is 64.4 cm³/mol. The lowest BCUT2D eigenvalue weighted by Crippen LogP contribution is -2.46. The van der Waals surface area contributed by atoms with E-state index < -0.39 is 24.1 Å². The van der Waals surface area contributed by atoms with E-state index in [1.807, 2.05) is 0 Å². The summed E-state index contributed by atoms with van der Waals surface area (Å²) in [5, 5.41) is 21.1. The smallest absolute Gasteiger partial charge is 0.326 e. The lowest BCUT2D eigenvalue weighted by Gasteiger charge is -2.21. The van der Waals surface area contributed by atoms with Gasteiger partial charge in [0.2, 0.25) is 0 Å². The SMILES string of the molecule is O=C(O)[C@@H]1C[C@H](O)CN1C(=O)NCCc1cnc[nH]1. The fraction of sp³-hybridized carbons (Fsp3) is 0.545. The second kappa shape index (κ2) is 5.70. The average molecular weight is 268 g/mol. The molecule has 2 atom stereocenters. The number of nitrogens with one attached hydrogen (secondary N) is 2. The molecule has 1 aromatic heterocycles. The molecule has 0 bridgehead atoms. The first-order valence-corrected chi connectivity index (χ1v) is 6.00. The van der Waals surface area contributed by atoms with E-state index in [0.717, 1.165) is 10.6 Å². The van der Waals surface area contributed by atoms with Gasteiger partial charge in [0.15, 0.2) is 0 Å². The van der Waals surface area contributed by atoms with Gasteiger partial charge >= 0.3 is 12.0 Å². The number of carboxylic acid groups (broad SMARTS) is 1. The number of likely N-dealkylation sites (tertiary alicyclic amines) is 1. The third-order valence-corrected chi connectivity index (χ3v) is 3.05. The summed E-state index contributed by atoms with van der Waals surface area (Å²) < 4.78 is 0. The molecule has 0 aliphatic carbocycles. The Labute approximate surface area is 109 Å². The van der Waals surface area contributed by atoms with Crippen LogP contribution >= 0.6 is 0 Å². The molecule has 1 fully saturated rings. The maximum atomic E-state index is 11.8. The highest BCUT2D eigenvalue weighted by molar-refractivity contribution is 5.83. The quantitative estimate of drug-likeness (QED) is 0.569. The van der Waals surface area contributed by atoms with Gasteiger partial charge in [0.1, 0.15) is 6.04 Å². The average Bonchev–Trinajstić information content (AvgIpc) is 2.98. The largest absolute Gasteiger partial charge is 0.480 e. The van der Waals surface area contributed by atoms with Crippen molar-refractivity contribution in [2.45, 2.75) is 25.0 Å². The molecule has 1 aromatic rings. The molecule has 104 valence electrons. The van der Waals surface area contributed by atoms with E-state index in [2.05, 4.69) is 15.3 Å². The highest BCUT2D eigenvalue weighted by Crippen LogP contribution is 2.17. The standard InChI is InChI=1S/C11H16N4O4/c16-8-3-9(10(17)18)15(5-8)11(19)13-2-1-7-4-12-6-14-7/h4,6,8-9,16H,1-3,5H2,(H,12,14)(H,13,19)(H,17,18)/t8-,9-/m0/s1. The fourth-order valence-electron chi connectivity index (χ4n) is 2.10. The molecule has 0 unspecified atom stereocenters. The molecule has 1 aliphatic heterocycles. The summed E-state index contributed by atoms with van der Waals surface area (Å²) in [4.78, 5) is 30.7. The second-order valence-electron chi connectivity index (χ2n) is 4.45. The summed E-state index contributed by atoms with van der Waals surface area (Å²) >= 11 is 0. The first kappa shape index (κ1) is 13.3. The minimum atomic E-state index is -1.10. The highest BCUT2D eigenvalue weighted by Gasteiger charge is 2.38. The van der Waals surface area contributed by atoms with E-state index in [4.69, 9.17) is 5.11 Å². The summed E-state index contributed by atoms with van der Waals surface area (Å²) in [6, 6.07) is -1.43. The highest BCUT2D eigenvalue weighted by atomic mass is 16.4. The molecular weight excluding hydrogens is 252 g/mol. The number of aliphatic carboxylic acids is 1. The van der Waals surface area contributed by atoms with Gasteiger partial charge in [-0.25, -0.2) is 14.6 Å². The van der Waals surface area contributed by atoms with Crippen molar-refractivity contribution in [3.63, 3.8) is 0 Å². The van der Waals surface area contributed by atoms with Crippen LogP contribution in [-0.4, -0.2) is 62.3 Å². The number of imidazole rings is 1. The molecule has 0 spiro atoms. The number of hydrogen-bond acceptors (Lipinski definition) is 4. The van der Waals surface area contributed by atoms with Crippen molar-refractivity contribution in [1.82, 2.24) is 20.2 Å². The normalized spacial score (nSPS) is 22.5. The number of carboxylic acids is 1. The molecule has 1 saturated heterocycles. The molecule has 0 aromatic carbocycles. The van der Waals surface area contributed by atoms with Gasteiger partial charge in [-0.3, -0.25) is 0 Å². The number of aromatic amines is 1. The van der Waals surface area contributed by atoms with E-state index in [0.29, 0.717) is 13.0 Å². The zero-order valence-corrected chi connectivity index (χ0v) is 10.2. The first-order valence-electron chi connectivity index (χ1n) is 6.00. The Bertz CT molecular complexity index is 448. The van der Waals surface area contributed by atoms with Crippen LogP contribution < -0.4 is 5.32 Å². The van der Waals surface area contributed by atoms with Crippen molar-refractivity contribution in [3.05, 3.63) is 18.2 Å². The molecule has 0 radical (unpaired) electrons. The maximum Gasteiger partial charge on any atom is 0.326 e. The number of nitrogens with zero attached hydrogens (tertiary/aromatic N) is 2. The van der Waals surface area contributed by atoms with Crippen molar-refractivity contribution < 1.29 is 19.8 Å². The summed E-state index contributed by atoms with van der Waals surface area (Å²) in [5.41, 5.74) is 0.886. The minimum Gasteiger partial charge on any atom is -0.480 e. The van der Waals surface area contributed by atoms with Crippen LogP contribution in [0.5, 0.6) is 0 Å². The van der Waals surface area contributed by atoms with E-state index in [1.165, 1.54) is 0 Å². The van der Waals surface area contributed by atoms with Crippen LogP contribution in [0.15, 0.2) is 12.5 Å².